The summed E-state index contributed by atoms with van der Waals surface area (Å²) in [7, 11) is 3.75. The van der Waals surface area contributed by atoms with Crippen molar-refractivity contribution in [1.82, 2.24) is 20.4 Å². The van der Waals surface area contributed by atoms with E-state index in [0.717, 1.165) is 31.2 Å². The molecule has 1 unspecified atom stereocenters. The summed E-state index contributed by atoms with van der Waals surface area (Å²) < 4.78 is 1.87. The van der Waals surface area contributed by atoms with Gasteiger partial charge in [0.15, 0.2) is 5.96 Å². The summed E-state index contributed by atoms with van der Waals surface area (Å²) in [4.78, 5) is 6.73. The molecule has 0 saturated carbocycles. The quantitative estimate of drug-likeness (QED) is 0.434. The number of aliphatic imine (C=N–C) groups is 1. The minimum absolute atomic E-state index is 0. The fraction of sp³-hybridized carbons (Fsp3) is 0.412. The van der Waals surface area contributed by atoms with Crippen molar-refractivity contribution in [2.24, 2.45) is 12.0 Å². The number of halogens is 1. The molecule has 0 radical (unpaired) electrons. The van der Waals surface area contributed by atoms with Gasteiger partial charge in [-0.2, -0.15) is 5.10 Å². The molecule has 0 aliphatic carbocycles. The minimum Gasteiger partial charge on any atom is -0.369 e. The molecule has 2 heterocycles. The highest BCUT2D eigenvalue weighted by Gasteiger charge is 2.23. The van der Waals surface area contributed by atoms with E-state index in [1.165, 1.54) is 5.69 Å². The van der Waals surface area contributed by atoms with Gasteiger partial charge in [0.1, 0.15) is 0 Å². The zero-order valence-corrected chi connectivity index (χ0v) is 16.5. The Balaban J connectivity index is 0.00000208. The summed E-state index contributed by atoms with van der Waals surface area (Å²) in [6.45, 7) is 2.78. The lowest BCUT2D eigenvalue weighted by molar-refractivity contribution is 0.637. The fourth-order valence-corrected chi connectivity index (χ4v) is 2.89. The monoisotopic (exact) mass is 440 g/mol. The first-order chi connectivity index (χ1) is 11.3. The Kier molecular flexibility index (Phi) is 6.89. The van der Waals surface area contributed by atoms with Crippen molar-refractivity contribution in [3.8, 4) is 0 Å². The van der Waals surface area contributed by atoms with Gasteiger partial charge in [0.05, 0.1) is 12.2 Å². The van der Waals surface area contributed by atoms with Crippen LogP contribution in [0, 0.1) is 0 Å². The Hall–Kier alpha value is -1.77. The lowest BCUT2D eigenvalue weighted by Gasteiger charge is -2.20. The van der Waals surface area contributed by atoms with E-state index in [4.69, 9.17) is 0 Å². The van der Waals surface area contributed by atoms with Gasteiger partial charge >= 0.3 is 0 Å². The first-order valence-corrected chi connectivity index (χ1v) is 8.00. The van der Waals surface area contributed by atoms with Crippen LogP contribution in [0.3, 0.4) is 0 Å². The Bertz CT molecular complexity index is 654. The molecule has 3 rings (SSSR count). The van der Waals surface area contributed by atoms with E-state index >= 15 is 0 Å². The molecule has 1 aliphatic rings. The number of anilines is 1. The highest BCUT2D eigenvalue weighted by Crippen LogP contribution is 2.19. The van der Waals surface area contributed by atoms with Crippen LogP contribution in [0.15, 0.2) is 47.6 Å². The number of hydrogen-bond donors (Lipinski definition) is 2. The number of para-hydroxylation sites is 1. The molecule has 0 bridgehead atoms. The van der Waals surface area contributed by atoms with Crippen molar-refractivity contribution in [2.45, 2.75) is 19.0 Å². The Morgan fingerprint density at radius 3 is 2.75 bits per heavy atom. The number of nitrogens with zero attached hydrogens (tertiary/aromatic N) is 4. The average Bonchev–Trinajstić information content (AvgIpc) is 3.21. The van der Waals surface area contributed by atoms with Gasteiger partial charge in [-0.25, -0.2) is 0 Å². The van der Waals surface area contributed by atoms with Crippen LogP contribution in [0.4, 0.5) is 5.69 Å². The predicted molar refractivity (Wildman–Crippen MR) is 109 cm³/mol. The summed E-state index contributed by atoms with van der Waals surface area (Å²) in [6.07, 6.45) is 2.92. The lowest BCUT2D eigenvalue weighted by atomic mass is 10.3. The average molecular weight is 440 g/mol. The van der Waals surface area contributed by atoms with E-state index < -0.39 is 0 Å². The SMILES string of the molecule is CN=C(NCc1ccnn1C)NC1CCN(c2ccccc2)C1.I. The van der Waals surface area contributed by atoms with Crippen LogP contribution in [-0.2, 0) is 13.6 Å². The van der Waals surface area contributed by atoms with Crippen molar-refractivity contribution in [1.29, 1.82) is 0 Å². The minimum atomic E-state index is 0. The molecule has 6 nitrogen and oxygen atoms in total. The van der Waals surface area contributed by atoms with Gasteiger partial charge in [0.2, 0.25) is 0 Å². The van der Waals surface area contributed by atoms with Crippen LogP contribution in [-0.4, -0.2) is 41.9 Å². The van der Waals surface area contributed by atoms with Gasteiger partial charge in [-0.05, 0) is 24.6 Å². The van der Waals surface area contributed by atoms with Crippen LogP contribution in [0.2, 0.25) is 0 Å². The zero-order valence-electron chi connectivity index (χ0n) is 14.1. The van der Waals surface area contributed by atoms with Gasteiger partial charge in [0.25, 0.3) is 0 Å². The van der Waals surface area contributed by atoms with E-state index in [2.05, 4.69) is 56.0 Å². The zero-order chi connectivity index (χ0) is 16.1. The number of aromatic nitrogens is 2. The molecule has 1 aromatic carbocycles. The van der Waals surface area contributed by atoms with Crippen molar-refractivity contribution in [3.63, 3.8) is 0 Å². The Morgan fingerprint density at radius 2 is 2.08 bits per heavy atom. The van der Waals surface area contributed by atoms with E-state index in [9.17, 15) is 0 Å². The summed E-state index contributed by atoms with van der Waals surface area (Å²) in [5, 5.41) is 11.0. The van der Waals surface area contributed by atoms with Gasteiger partial charge in [-0.1, -0.05) is 18.2 Å². The third kappa shape index (κ3) is 4.62. The number of aryl methyl sites for hydroxylation is 1. The molecular weight excluding hydrogens is 415 g/mol. The first kappa shape index (κ1) is 18.6. The smallest absolute Gasteiger partial charge is 0.191 e. The number of rotatable bonds is 4. The van der Waals surface area contributed by atoms with Crippen LogP contribution < -0.4 is 15.5 Å². The molecule has 1 aromatic heterocycles. The summed E-state index contributed by atoms with van der Waals surface area (Å²) in [5.74, 6) is 0.839. The molecule has 1 fully saturated rings. The number of hydrogen-bond acceptors (Lipinski definition) is 3. The summed E-state index contributed by atoms with van der Waals surface area (Å²) >= 11 is 0. The van der Waals surface area contributed by atoms with Gasteiger partial charge < -0.3 is 15.5 Å². The number of nitrogens with one attached hydrogen (secondary N) is 2. The maximum absolute atomic E-state index is 4.32. The highest BCUT2D eigenvalue weighted by atomic mass is 127. The van der Waals surface area contributed by atoms with Crippen LogP contribution >= 0.6 is 24.0 Å². The standard InChI is InChI=1S/C17H24N6.HI/c1-18-17(19-12-16-8-10-20-22(16)2)21-14-9-11-23(13-14)15-6-4-3-5-7-15;/h3-8,10,14H,9,11-13H2,1-2H3,(H2,18,19,21);1H. The molecule has 24 heavy (non-hydrogen) atoms. The number of guanidine groups is 1. The van der Waals surface area contributed by atoms with E-state index in [1.54, 1.807) is 0 Å². The van der Waals surface area contributed by atoms with Crippen molar-refractivity contribution in [3.05, 3.63) is 48.3 Å². The van der Waals surface area contributed by atoms with Gasteiger partial charge in [-0.15, -0.1) is 24.0 Å². The fourth-order valence-electron chi connectivity index (χ4n) is 2.89. The lowest BCUT2D eigenvalue weighted by Crippen LogP contribution is -2.44. The molecule has 1 aliphatic heterocycles. The topological polar surface area (TPSA) is 57.5 Å². The van der Waals surface area contributed by atoms with Crippen LogP contribution in [0.25, 0.3) is 0 Å². The van der Waals surface area contributed by atoms with Gasteiger partial charge in [0, 0.05) is 45.1 Å². The largest absolute Gasteiger partial charge is 0.369 e. The molecular formula is C17H25IN6. The summed E-state index contributed by atoms with van der Waals surface area (Å²) in [5.41, 5.74) is 2.42. The predicted octanol–water partition coefficient (Wildman–Crippen LogP) is 1.98. The molecule has 2 N–H and O–H groups in total. The third-order valence-electron chi connectivity index (χ3n) is 4.23. The van der Waals surface area contributed by atoms with Crippen molar-refractivity contribution >= 4 is 35.6 Å². The maximum atomic E-state index is 4.32. The van der Waals surface area contributed by atoms with Gasteiger partial charge in [-0.3, -0.25) is 9.67 Å². The normalized spacial score (nSPS) is 17.5. The molecule has 1 atom stereocenters. The second-order valence-corrected chi connectivity index (χ2v) is 5.78. The molecule has 2 aromatic rings. The Labute approximate surface area is 160 Å². The Morgan fingerprint density at radius 1 is 1.29 bits per heavy atom. The molecule has 1 saturated heterocycles. The van der Waals surface area contributed by atoms with E-state index in [-0.39, 0.29) is 24.0 Å². The molecule has 0 spiro atoms. The first-order valence-electron chi connectivity index (χ1n) is 8.00. The highest BCUT2D eigenvalue weighted by molar-refractivity contribution is 14.0. The second-order valence-electron chi connectivity index (χ2n) is 5.78. The molecule has 130 valence electrons. The van der Waals surface area contributed by atoms with Crippen molar-refractivity contribution < 1.29 is 0 Å². The maximum Gasteiger partial charge on any atom is 0.191 e. The van der Waals surface area contributed by atoms with Crippen molar-refractivity contribution in [2.75, 3.05) is 25.0 Å². The second kappa shape index (κ2) is 8.91. The third-order valence-corrected chi connectivity index (χ3v) is 4.23. The molecule has 0 amide bonds. The number of benzene rings is 1. The summed E-state index contributed by atoms with van der Waals surface area (Å²) in [6, 6.07) is 13.0. The van der Waals surface area contributed by atoms with E-state index in [1.807, 2.05) is 31.0 Å². The molecule has 7 heteroatoms. The van der Waals surface area contributed by atoms with Crippen LogP contribution in [0.5, 0.6) is 0 Å². The van der Waals surface area contributed by atoms with E-state index in [0.29, 0.717) is 12.6 Å². The van der Waals surface area contributed by atoms with Crippen LogP contribution in [0.1, 0.15) is 12.1 Å².